The second kappa shape index (κ2) is 9.94. The number of nitrogens with zero attached hydrogens (tertiary/aromatic N) is 1. The van der Waals surface area contributed by atoms with E-state index in [1.54, 1.807) is 30.3 Å². The van der Waals surface area contributed by atoms with Crippen LogP contribution in [-0.4, -0.2) is 43.8 Å². The number of thioether (sulfide) groups is 1. The minimum atomic E-state index is -3.54. The number of furan rings is 1. The standard InChI is InChI=1S/C24H26N2O4S2/c1-18-7-8-19(16-26-11-13-31-14-12-26)15-22(18)25-24(27)23-10-9-20(30-23)17-32(28,29)21-5-3-2-4-6-21/h2-10,15H,11-14,16-17H2,1H3,(H,25,27). The number of rotatable bonds is 7. The fraction of sp³-hybridized carbons (Fsp3) is 0.292. The maximum Gasteiger partial charge on any atom is 0.291 e. The first-order valence-electron chi connectivity index (χ1n) is 10.5. The topological polar surface area (TPSA) is 79.6 Å². The minimum Gasteiger partial charge on any atom is -0.455 e. The number of carbonyl (C=O) groups excluding carboxylic acids is 1. The van der Waals surface area contributed by atoms with Crippen molar-refractivity contribution in [3.05, 3.63) is 83.3 Å². The van der Waals surface area contributed by atoms with Crippen molar-refractivity contribution >= 4 is 33.2 Å². The fourth-order valence-corrected chi connectivity index (χ4v) is 5.83. The van der Waals surface area contributed by atoms with Crippen molar-refractivity contribution in [3.63, 3.8) is 0 Å². The van der Waals surface area contributed by atoms with E-state index in [0.717, 1.165) is 48.0 Å². The summed E-state index contributed by atoms with van der Waals surface area (Å²) in [6.45, 7) is 4.94. The lowest BCUT2D eigenvalue weighted by Gasteiger charge is -2.26. The molecular formula is C24H26N2O4S2. The Morgan fingerprint density at radius 3 is 2.56 bits per heavy atom. The van der Waals surface area contributed by atoms with Crippen molar-refractivity contribution in [1.82, 2.24) is 4.90 Å². The zero-order valence-electron chi connectivity index (χ0n) is 17.9. The zero-order valence-corrected chi connectivity index (χ0v) is 19.5. The SMILES string of the molecule is Cc1ccc(CN2CCSCC2)cc1NC(=O)c1ccc(CS(=O)(=O)c2ccccc2)o1. The Balaban J connectivity index is 1.43. The Hall–Kier alpha value is -2.55. The van der Waals surface area contributed by atoms with Crippen molar-refractivity contribution in [1.29, 1.82) is 0 Å². The van der Waals surface area contributed by atoms with Gasteiger partial charge in [-0.15, -0.1) is 0 Å². The van der Waals surface area contributed by atoms with Crippen LogP contribution in [-0.2, 0) is 22.1 Å². The molecular weight excluding hydrogens is 444 g/mol. The zero-order chi connectivity index (χ0) is 22.6. The van der Waals surface area contributed by atoms with Crippen molar-refractivity contribution in [2.45, 2.75) is 24.1 Å². The molecule has 168 valence electrons. The molecule has 0 spiro atoms. The summed E-state index contributed by atoms with van der Waals surface area (Å²) in [5.74, 6) is 1.91. The Bertz CT molecular complexity index is 1180. The summed E-state index contributed by atoms with van der Waals surface area (Å²) in [5, 5.41) is 2.91. The summed E-state index contributed by atoms with van der Waals surface area (Å²) in [4.78, 5) is 15.4. The summed E-state index contributed by atoms with van der Waals surface area (Å²) >= 11 is 1.98. The molecule has 1 amide bonds. The molecule has 1 aromatic heterocycles. The highest BCUT2D eigenvalue weighted by Crippen LogP contribution is 2.22. The maximum absolute atomic E-state index is 12.7. The van der Waals surface area contributed by atoms with Gasteiger partial charge in [-0.1, -0.05) is 30.3 Å². The smallest absolute Gasteiger partial charge is 0.291 e. The van der Waals surface area contributed by atoms with E-state index in [9.17, 15) is 13.2 Å². The molecule has 2 aromatic carbocycles. The number of carbonyl (C=O) groups is 1. The molecule has 0 saturated carbocycles. The number of amides is 1. The lowest BCUT2D eigenvalue weighted by molar-refractivity contribution is 0.0995. The van der Waals surface area contributed by atoms with Gasteiger partial charge < -0.3 is 9.73 Å². The quantitative estimate of drug-likeness (QED) is 0.553. The summed E-state index contributed by atoms with van der Waals surface area (Å²) in [6, 6.07) is 17.3. The molecule has 1 fully saturated rings. The van der Waals surface area contributed by atoms with Crippen molar-refractivity contribution in [2.75, 3.05) is 29.9 Å². The molecule has 1 N–H and O–H groups in total. The van der Waals surface area contributed by atoms with Crippen LogP contribution in [0.4, 0.5) is 5.69 Å². The maximum atomic E-state index is 12.7. The number of aryl methyl sites for hydroxylation is 1. The highest BCUT2D eigenvalue weighted by Gasteiger charge is 2.20. The molecule has 0 aliphatic carbocycles. The van der Waals surface area contributed by atoms with Gasteiger partial charge in [0.2, 0.25) is 0 Å². The second-order valence-corrected chi connectivity index (χ2v) is 11.0. The van der Waals surface area contributed by atoms with E-state index < -0.39 is 15.7 Å². The normalized spacial score (nSPS) is 14.9. The van der Waals surface area contributed by atoms with Crippen molar-refractivity contribution in [2.24, 2.45) is 0 Å². The number of benzene rings is 2. The molecule has 1 saturated heterocycles. The van der Waals surface area contributed by atoms with Gasteiger partial charge in [-0.2, -0.15) is 11.8 Å². The first-order valence-corrected chi connectivity index (χ1v) is 13.3. The van der Waals surface area contributed by atoms with Gasteiger partial charge in [0.25, 0.3) is 5.91 Å². The average molecular weight is 471 g/mol. The third-order valence-corrected chi connectivity index (χ3v) is 7.98. The van der Waals surface area contributed by atoms with Gasteiger partial charge in [0.1, 0.15) is 11.5 Å². The first kappa shape index (κ1) is 22.6. The number of hydrogen-bond acceptors (Lipinski definition) is 6. The van der Waals surface area contributed by atoms with Crippen LogP contribution < -0.4 is 5.32 Å². The van der Waals surface area contributed by atoms with Crippen molar-refractivity contribution < 1.29 is 17.6 Å². The molecule has 0 radical (unpaired) electrons. The van der Waals surface area contributed by atoms with Crippen LogP contribution in [0.3, 0.4) is 0 Å². The largest absolute Gasteiger partial charge is 0.455 e. The van der Waals surface area contributed by atoms with Crippen LogP contribution in [0.5, 0.6) is 0 Å². The molecule has 8 heteroatoms. The minimum absolute atomic E-state index is 0.0844. The van der Waals surface area contributed by atoms with E-state index in [0.29, 0.717) is 0 Å². The van der Waals surface area contributed by atoms with Crippen LogP contribution in [0, 0.1) is 6.92 Å². The summed E-state index contributed by atoms with van der Waals surface area (Å²) in [7, 11) is -3.54. The molecule has 32 heavy (non-hydrogen) atoms. The summed E-state index contributed by atoms with van der Waals surface area (Å²) < 4.78 is 30.7. The van der Waals surface area contributed by atoms with E-state index in [1.807, 2.05) is 30.8 Å². The van der Waals surface area contributed by atoms with Gasteiger partial charge in [-0.25, -0.2) is 8.42 Å². The van der Waals surface area contributed by atoms with Crippen LogP contribution in [0.1, 0.15) is 27.4 Å². The van der Waals surface area contributed by atoms with E-state index in [4.69, 9.17) is 4.42 Å². The van der Waals surface area contributed by atoms with E-state index >= 15 is 0 Å². The predicted octanol–water partition coefficient (Wildman–Crippen LogP) is 4.36. The molecule has 1 aliphatic rings. The summed E-state index contributed by atoms with van der Waals surface area (Å²) in [5.41, 5.74) is 2.83. The highest BCUT2D eigenvalue weighted by atomic mass is 32.2. The van der Waals surface area contributed by atoms with Crippen molar-refractivity contribution in [3.8, 4) is 0 Å². The van der Waals surface area contributed by atoms with Gasteiger partial charge >= 0.3 is 0 Å². The highest BCUT2D eigenvalue weighted by molar-refractivity contribution is 7.99. The van der Waals surface area contributed by atoms with Crippen LogP contribution in [0.15, 0.2) is 70.0 Å². The Morgan fingerprint density at radius 2 is 1.81 bits per heavy atom. The molecule has 2 heterocycles. The van der Waals surface area contributed by atoms with Gasteiger partial charge in [0.05, 0.1) is 4.90 Å². The molecule has 6 nitrogen and oxygen atoms in total. The van der Waals surface area contributed by atoms with Gasteiger partial charge in [-0.3, -0.25) is 9.69 Å². The predicted molar refractivity (Wildman–Crippen MR) is 128 cm³/mol. The average Bonchev–Trinajstić information content (AvgIpc) is 3.25. The lowest BCUT2D eigenvalue weighted by Crippen LogP contribution is -2.32. The number of sulfone groups is 1. The number of nitrogens with one attached hydrogen (secondary N) is 1. The molecule has 1 aliphatic heterocycles. The van der Waals surface area contributed by atoms with Crippen LogP contribution >= 0.6 is 11.8 Å². The van der Waals surface area contributed by atoms with Gasteiger partial charge in [-0.05, 0) is 48.4 Å². The van der Waals surface area contributed by atoms with Gasteiger partial charge in [0, 0.05) is 36.8 Å². The number of hydrogen-bond donors (Lipinski definition) is 1. The third-order valence-electron chi connectivity index (χ3n) is 5.38. The Kier molecular flexibility index (Phi) is 7.03. The molecule has 0 atom stereocenters. The van der Waals surface area contributed by atoms with E-state index in [1.165, 1.54) is 12.1 Å². The van der Waals surface area contributed by atoms with Crippen LogP contribution in [0.2, 0.25) is 0 Å². The van der Waals surface area contributed by atoms with E-state index in [-0.39, 0.29) is 22.2 Å². The van der Waals surface area contributed by atoms with Crippen LogP contribution in [0.25, 0.3) is 0 Å². The molecule has 0 unspecified atom stereocenters. The van der Waals surface area contributed by atoms with Gasteiger partial charge in [0.15, 0.2) is 15.6 Å². The summed E-state index contributed by atoms with van der Waals surface area (Å²) in [6.07, 6.45) is 0. The van der Waals surface area contributed by atoms with E-state index in [2.05, 4.69) is 16.3 Å². The second-order valence-electron chi connectivity index (χ2n) is 7.83. The molecule has 3 aromatic rings. The monoisotopic (exact) mass is 470 g/mol. The fourth-order valence-electron chi connectivity index (χ4n) is 3.58. The molecule has 4 rings (SSSR count). The number of anilines is 1. The Morgan fingerprint density at radius 1 is 1.06 bits per heavy atom. The third kappa shape index (κ3) is 5.62. The lowest BCUT2D eigenvalue weighted by atomic mass is 10.1. The molecule has 0 bridgehead atoms. The Labute approximate surface area is 192 Å². The first-order chi connectivity index (χ1) is 15.4.